The monoisotopic (exact) mass is 412 g/mol. The van der Waals surface area contributed by atoms with E-state index in [1.54, 1.807) is 48.2 Å². The molecule has 2 atom stereocenters. The predicted molar refractivity (Wildman–Crippen MR) is 103 cm³/mol. The van der Waals surface area contributed by atoms with Crippen molar-refractivity contribution in [2.75, 3.05) is 7.05 Å². The Balaban J connectivity index is 1.45. The standard InChI is InChI=1S/C21H21FN4O4/c1-25-11-14(9-24-25)20-16(7-8-19(27)26(20)2)21(28)29-12-18-23-10-17(30-18)13-3-5-15(22)6-4-13/h3-6,9-11,16,20H,7-8,12H2,1-2H3. The number of likely N-dealkylation sites (tertiary alicyclic amines) is 1. The van der Waals surface area contributed by atoms with Crippen LogP contribution in [0.25, 0.3) is 11.3 Å². The molecule has 2 unspecified atom stereocenters. The molecular formula is C21H21FN4O4. The average molecular weight is 412 g/mol. The quantitative estimate of drug-likeness (QED) is 0.599. The van der Waals surface area contributed by atoms with E-state index in [-0.39, 0.29) is 30.6 Å². The number of nitrogens with zero attached hydrogens (tertiary/aromatic N) is 4. The maximum absolute atomic E-state index is 13.1. The fraction of sp³-hybridized carbons (Fsp3) is 0.333. The molecule has 4 rings (SSSR count). The Kier molecular flexibility index (Phi) is 5.35. The topological polar surface area (TPSA) is 90.5 Å². The van der Waals surface area contributed by atoms with Gasteiger partial charge in [0, 0.05) is 37.8 Å². The first kappa shape index (κ1) is 19.8. The molecular weight excluding hydrogens is 391 g/mol. The summed E-state index contributed by atoms with van der Waals surface area (Å²) in [5.74, 6) is -0.609. The normalized spacial score (nSPS) is 19.2. The third-order valence-electron chi connectivity index (χ3n) is 5.25. The second-order valence-corrected chi connectivity index (χ2v) is 7.27. The summed E-state index contributed by atoms with van der Waals surface area (Å²) in [5, 5.41) is 4.15. The summed E-state index contributed by atoms with van der Waals surface area (Å²) in [6.07, 6.45) is 5.63. The molecule has 156 valence electrons. The van der Waals surface area contributed by atoms with E-state index in [0.29, 0.717) is 17.7 Å². The minimum atomic E-state index is -0.511. The number of oxazole rings is 1. The molecule has 0 spiro atoms. The summed E-state index contributed by atoms with van der Waals surface area (Å²) in [5.41, 5.74) is 1.45. The van der Waals surface area contributed by atoms with Crippen molar-refractivity contribution in [1.82, 2.24) is 19.7 Å². The SMILES string of the molecule is CN1C(=O)CCC(C(=O)OCc2ncc(-c3ccc(F)cc3)o2)C1c1cnn(C)c1. The number of amides is 1. The summed E-state index contributed by atoms with van der Waals surface area (Å²) >= 11 is 0. The molecule has 0 N–H and O–H groups in total. The number of aryl methyl sites for hydroxylation is 1. The molecule has 1 aliphatic rings. The first-order chi connectivity index (χ1) is 14.4. The molecule has 2 aromatic heterocycles. The van der Waals surface area contributed by atoms with Crippen molar-refractivity contribution < 1.29 is 23.1 Å². The van der Waals surface area contributed by atoms with Gasteiger partial charge in [-0.3, -0.25) is 14.3 Å². The van der Waals surface area contributed by atoms with Crippen molar-refractivity contribution in [3.63, 3.8) is 0 Å². The van der Waals surface area contributed by atoms with Crippen LogP contribution in [0.5, 0.6) is 0 Å². The number of benzene rings is 1. The molecule has 8 nitrogen and oxygen atoms in total. The minimum absolute atomic E-state index is 0.0236. The van der Waals surface area contributed by atoms with Gasteiger partial charge in [0.15, 0.2) is 12.4 Å². The van der Waals surface area contributed by atoms with Gasteiger partial charge in [-0.1, -0.05) is 0 Å². The highest BCUT2D eigenvalue weighted by molar-refractivity contribution is 5.82. The zero-order chi connectivity index (χ0) is 21.3. The van der Waals surface area contributed by atoms with Crippen LogP contribution in [0.4, 0.5) is 4.39 Å². The molecule has 3 heterocycles. The summed E-state index contributed by atoms with van der Waals surface area (Å²) in [4.78, 5) is 30.7. The highest BCUT2D eigenvalue weighted by Crippen LogP contribution is 2.36. The predicted octanol–water partition coefficient (Wildman–Crippen LogP) is 2.87. The number of rotatable bonds is 5. The average Bonchev–Trinajstić information content (AvgIpc) is 3.38. The van der Waals surface area contributed by atoms with Crippen LogP contribution in [0, 0.1) is 11.7 Å². The Bertz CT molecular complexity index is 1060. The Morgan fingerprint density at radius 2 is 2.03 bits per heavy atom. The Hall–Kier alpha value is -3.49. The van der Waals surface area contributed by atoms with Gasteiger partial charge in [0.05, 0.1) is 24.4 Å². The van der Waals surface area contributed by atoms with Crippen LogP contribution >= 0.6 is 0 Å². The first-order valence-corrected chi connectivity index (χ1v) is 9.54. The zero-order valence-electron chi connectivity index (χ0n) is 16.6. The fourth-order valence-electron chi connectivity index (χ4n) is 3.70. The van der Waals surface area contributed by atoms with Gasteiger partial charge in [-0.25, -0.2) is 9.37 Å². The van der Waals surface area contributed by atoms with E-state index in [1.165, 1.54) is 18.3 Å². The van der Waals surface area contributed by atoms with E-state index < -0.39 is 17.9 Å². The molecule has 1 amide bonds. The lowest BCUT2D eigenvalue weighted by Gasteiger charge is -2.37. The maximum atomic E-state index is 13.1. The number of ether oxygens (including phenoxy) is 1. The van der Waals surface area contributed by atoms with Gasteiger partial charge in [-0.05, 0) is 30.7 Å². The van der Waals surface area contributed by atoms with Gasteiger partial charge in [0.2, 0.25) is 11.8 Å². The van der Waals surface area contributed by atoms with E-state index in [1.807, 2.05) is 0 Å². The molecule has 1 fully saturated rings. The van der Waals surface area contributed by atoms with Crippen molar-refractivity contribution in [2.24, 2.45) is 13.0 Å². The van der Waals surface area contributed by atoms with Crippen LogP contribution in [0.3, 0.4) is 0 Å². The lowest BCUT2D eigenvalue weighted by Crippen LogP contribution is -2.43. The number of carbonyl (C=O) groups is 2. The van der Waals surface area contributed by atoms with Crippen LogP contribution in [-0.2, 0) is 28.0 Å². The fourth-order valence-corrected chi connectivity index (χ4v) is 3.70. The van der Waals surface area contributed by atoms with Crippen molar-refractivity contribution >= 4 is 11.9 Å². The van der Waals surface area contributed by atoms with E-state index in [4.69, 9.17) is 9.15 Å². The number of hydrogen-bond donors (Lipinski definition) is 0. The van der Waals surface area contributed by atoms with Crippen LogP contribution < -0.4 is 0 Å². The number of piperidine rings is 1. The van der Waals surface area contributed by atoms with Crippen molar-refractivity contribution in [1.29, 1.82) is 0 Å². The molecule has 1 saturated heterocycles. The van der Waals surface area contributed by atoms with Crippen LogP contribution in [0.1, 0.15) is 30.3 Å². The molecule has 0 saturated carbocycles. The van der Waals surface area contributed by atoms with E-state index in [0.717, 1.165) is 5.56 Å². The summed E-state index contributed by atoms with van der Waals surface area (Å²) in [6, 6.07) is 5.39. The van der Waals surface area contributed by atoms with E-state index in [9.17, 15) is 14.0 Å². The molecule has 3 aromatic rings. The van der Waals surface area contributed by atoms with Crippen LogP contribution in [0.15, 0.2) is 47.3 Å². The number of esters is 1. The number of hydrogen-bond acceptors (Lipinski definition) is 6. The van der Waals surface area contributed by atoms with Gasteiger partial charge in [-0.2, -0.15) is 5.10 Å². The number of carbonyl (C=O) groups excluding carboxylic acids is 2. The number of aromatic nitrogens is 3. The zero-order valence-corrected chi connectivity index (χ0v) is 16.6. The van der Waals surface area contributed by atoms with E-state index in [2.05, 4.69) is 10.1 Å². The Labute approximate surface area is 172 Å². The minimum Gasteiger partial charge on any atom is -0.455 e. The second kappa shape index (κ2) is 8.10. The van der Waals surface area contributed by atoms with Gasteiger partial charge < -0.3 is 14.1 Å². The van der Waals surface area contributed by atoms with Gasteiger partial charge in [0.1, 0.15) is 5.82 Å². The number of halogens is 1. The molecule has 1 aromatic carbocycles. The largest absolute Gasteiger partial charge is 0.455 e. The smallest absolute Gasteiger partial charge is 0.311 e. The summed E-state index contributed by atoms with van der Waals surface area (Å²) in [7, 11) is 3.46. The molecule has 0 aliphatic carbocycles. The van der Waals surface area contributed by atoms with Crippen molar-refractivity contribution in [3.8, 4) is 11.3 Å². The van der Waals surface area contributed by atoms with E-state index >= 15 is 0 Å². The molecule has 0 bridgehead atoms. The van der Waals surface area contributed by atoms with Gasteiger partial charge in [0.25, 0.3) is 0 Å². The van der Waals surface area contributed by atoms with Gasteiger partial charge >= 0.3 is 5.97 Å². The lowest BCUT2D eigenvalue weighted by atomic mass is 9.86. The second-order valence-electron chi connectivity index (χ2n) is 7.27. The lowest BCUT2D eigenvalue weighted by molar-refractivity contribution is -0.158. The highest BCUT2D eigenvalue weighted by Gasteiger charge is 2.40. The molecule has 30 heavy (non-hydrogen) atoms. The first-order valence-electron chi connectivity index (χ1n) is 9.54. The van der Waals surface area contributed by atoms with Gasteiger partial charge in [-0.15, -0.1) is 0 Å². The van der Waals surface area contributed by atoms with Crippen LogP contribution in [0.2, 0.25) is 0 Å². The molecule has 0 radical (unpaired) electrons. The van der Waals surface area contributed by atoms with Crippen molar-refractivity contribution in [3.05, 3.63) is 60.1 Å². The summed E-state index contributed by atoms with van der Waals surface area (Å²) < 4.78 is 25.8. The summed E-state index contributed by atoms with van der Waals surface area (Å²) in [6.45, 7) is -0.131. The van der Waals surface area contributed by atoms with Crippen LogP contribution in [-0.4, -0.2) is 38.6 Å². The highest BCUT2D eigenvalue weighted by atomic mass is 19.1. The maximum Gasteiger partial charge on any atom is 0.311 e. The molecule has 9 heteroatoms. The van der Waals surface area contributed by atoms with Crippen molar-refractivity contribution in [2.45, 2.75) is 25.5 Å². The third kappa shape index (κ3) is 3.96. The molecule has 1 aliphatic heterocycles. The third-order valence-corrected chi connectivity index (χ3v) is 5.25. The Morgan fingerprint density at radius 3 is 2.73 bits per heavy atom. The Morgan fingerprint density at radius 1 is 1.27 bits per heavy atom.